The third-order valence-electron chi connectivity index (χ3n) is 4.51. The van der Waals surface area contributed by atoms with Crippen molar-refractivity contribution in [2.24, 2.45) is 0 Å². The number of hydrogen-bond donors (Lipinski definition) is 2. The fraction of sp³-hybridized carbons (Fsp3) is 1.00. The van der Waals surface area contributed by atoms with E-state index >= 15 is 0 Å². The molecule has 0 aliphatic carbocycles. The van der Waals surface area contributed by atoms with E-state index in [2.05, 4.69) is 11.2 Å². The molecule has 7 nitrogen and oxygen atoms in total. The SMILES string of the molecule is CCCCCCP(CC)(CC)(CC)OP(=O)([O-])OP(=O)(O)O.[Na+]. The minimum atomic E-state index is -5.15. The molecule has 136 valence electrons. The van der Waals surface area contributed by atoms with Crippen LogP contribution in [0, 0.1) is 0 Å². The van der Waals surface area contributed by atoms with Gasteiger partial charge in [0.25, 0.3) is 0 Å². The van der Waals surface area contributed by atoms with Crippen molar-refractivity contribution in [3.05, 3.63) is 0 Å². The number of hydrogen-bond acceptors (Lipinski definition) is 5. The molecule has 0 saturated carbocycles. The molecule has 0 aromatic heterocycles. The normalized spacial score (nSPS) is 16.9. The van der Waals surface area contributed by atoms with E-state index in [-0.39, 0.29) is 29.6 Å². The molecule has 11 heteroatoms. The molecule has 0 aliphatic rings. The van der Waals surface area contributed by atoms with Crippen LogP contribution in [0.25, 0.3) is 0 Å². The first-order valence-electron chi connectivity index (χ1n) is 7.77. The summed E-state index contributed by atoms with van der Waals surface area (Å²) < 4.78 is 32.1. The summed E-state index contributed by atoms with van der Waals surface area (Å²) in [6, 6.07) is 0. The van der Waals surface area contributed by atoms with Crippen LogP contribution in [0.3, 0.4) is 0 Å². The quantitative estimate of drug-likeness (QED) is 0.280. The first-order chi connectivity index (χ1) is 9.97. The summed E-state index contributed by atoms with van der Waals surface area (Å²) in [5, 5.41) is 0. The van der Waals surface area contributed by atoms with E-state index in [1.54, 1.807) is 0 Å². The Balaban J connectivity index is 0. The third kappa shape index (κ3) is 9.26. The minimum absolute atomic E-state index is 0. The average Bonchev–Trinajstić information content (AvgIpc) is 2.40. The minimum Gasteiger partial charge on any atom is 1.00 e. The van der Waals surface area contributed by atoms with E-state index in [0.29, 0.717) is 24.6 Å². The monoisotopic (exact) mass is 402 g/mol. The van der Waals surface area contributed by atoms with Gasteiger partial charge in [-0.2, -0.15) is 0 Å². The maximum Gasteiger partial charge on any atom is 1.00 e. The molecule has 0 aromatic carbocycles. The molecular weight excluding hydrogens is 372 g/mol. The van der Waals surface area contributed by atoms with Crippen molar-refractivity contribution in [2.45, 2.75) is 53.4 Å². The van der Waals surface area contributed by atoms with Gasteiger partial charge in [-0.15, -0.1) is 0 Å². The Bertz CT molecular complexity index is 425. The van der Waals surface area contributed by atoms with Crippen LogP contribution in [0.2, 0.25) is 0 Å². The van der Waals surface area contributed by atoms with Gasteiger partial charge in [0.2, 0.25) is 0 Å². The topological polar surface area (TPSA) is 116 Å². The predicted molar refractivity (Wildman–Crippen MR) is 89.4 cm³/mol. The van der Waals surface area contributed by atoms with Crippen molar-refractivity contribution in [1.29, 1.82) is 0 Å². The smallest absolute Gasteiger partial charge is 1.00 e. The Labute approximate surface area is 162 Å². The van der Waals surface area contributed by atoms with Crippen molar-refractivity contribution < 1.29 is 62.0 Å². The Morgan fingerprint density at radius 2 is 1.43 bits per heavy atom. The Morgan fingerprint density at radius 3 is 1.78 bits per heavy atom. The molecule has 0 aromatic rings. The van der Waals surface area contributed by atoms with Gasteiger partial charge in [0.05, 0.1) is 0 Å². The number of unbranched alkanes of at least 4 members (excludes halogenated alkanes) is 3. The summed E-state index contributed by atoms with van der Waals surface area (Å²) in [4.78, 5) is 29.5. The van der Waals surface area contributed by atoms with Crippen molar-refractivity contribution in [1.82, 2.24) is 0 Å². The van der Waals surface area contributed by atoms with Gasteiger partial charge in [0.15, 0.2) is 0 Å². The van der Waals surface area contributed by atoms with Gasteiger partial charge in [-0.1, -0.05) is 0 Å². The molecule has 0 radical (unpaired) electrons. The van der Waals surface area contributed by atoms with E-state index in [0.717, 1.165) is 25.7 Å². The molecule has 0 saturated heterocycles. The summed E-state index contributed by atoms with van der Waals surface area (Å²) in [6.07, 6.45) is 6.23. The molecule has 1 atom stereocenters. The molecule has 0 heterocycles. The zero-order valence-corrected chi connectivity index (χ0v) is 19.6. The van der Waals surface area contributed by atoms with Crippen LogP contribution in [0.5, 0.6) is 0 Å². The largest absolute Gasteiger partial charge is 1.00 e. The van der Waals surface area contributed by atoms with Crippen molar-refractivity contribution in [3.63, 3.8) is 0 Å². The molecule has 0 amide bonds. The van der Waals surface area contributed by atoms with E-state index in [4.69, 9.17) is 14.1 Å². The number of phosphoric acid groups is 2. The van der Waals surface area contributed by atoms with E-state index in [9.17, 15) is 14.0 Å². The van der Waals surface area contributed by atoms with E-state index in [1.807, 2.05) is 20.8 Å². The molecule has 0 aliphatic heterocycles. The Kier molecular flexibility index (Phi) is 12.6. The summed E-state index contributed by atoms with van der Waals surface area (Å²) in [5.41, 5.74) is 0. The van der Waals surface area contributed by atoms with Gasteiger partial charge in [0, 0.05) is 0 Å². The van der Waals surface area contributed by atoms with Crippen LogP contribution in [-0.2, 0) is 17.8 Å². The molecule has 0 fully saturated rings. The predicted octanol–water partition coefficient (Wildman–Crippen LogP) is 0.693. The fourth-order valence-electron chi connectivity index (χ4n) is 2.73. The standard InChI is InChI=1S/C12H31O7P3.Na/c1-5-9-10-11-12-22(6-2,7-3,8-4)19-21(16,17)18-20(13,14)15;/h5-12H2,1-4H3,(H,16,17)(H2,13,14,15);/q;+1/p-1. The molecule has 1 unspecified atom stereocenters. The maximum atomic E-state index is 12.0. The second-order valence-electron chi connectivity index (χ2n) is 5.69. The van der Waals surface area contributed by atoms with Crippen LogP contribution < -0.4 is 34.5 Å². The van der Waals surface area contributed by atoms with E-state index < -0.39 is 22.5 Å². The first-order valence-corrected chi connectivity index (χ1v) is 13.7. The van der Waals surface area contributed by atoms with Gasteiger partial charge < -0.3 is 0 Å². The van der Waals surface area contributed by atoms with Gasteiger partial charge in [-0.25, -0.2) is 0 Å². The summed E-state index contributed by atoms with van der Waals surface area (Å²) in [7, 11) is -10.2. The molecular formula is C12H30NaO7P3. The summed E-state index contributed by atoms with van der Waals surface area (Å²) >= 11 is 0. The van der Waals surface area contributed by atoms with Crippen LogP contribution in [0.4, 0.5) is 0 Å². The Hall–Kier alpha value is 1.69. The maximum absolute atomic E-state index is 12.0. The van der Waals surface area contributed by atoms with Gasteiger partial charge in [0.1, 0.15) is 0 Å². The van der Waals surface area contributed by atoms with Gasteiger partial charge in [-0.05, 0) is 0 Å². The van der Waals surface area contributed by atoms with E-state index in [1.165, 1.54) is 0 Å². The van der Waals surface area contributed by atoms with Crippen molar-refractivity contribution >= 4 is 22.5 Å². The van der Waals surface area contributed by atoms with Crippen LogP contribution in [0.15, 0.2) is 0 Å². The fourth-order valence-corrected chi connectivity index (χ4v) is 11.4. The second kappa shape index (κ2) is 10.7. The number of rotatable bonds is 12. The molecule has 23 heavy (non-hydrogen) atoms. The summed E-state index contributed by atoms with van der Waals surface area (Å²) in [5.74, 6) is 0. The summed E-state index contributed by atoms with van der Waals surface area (Å²) in [6.45, 7) is 4.64. The van der Waals surface area contributed by atoms with Crippen LogP contribution in [0.1, 0.15) is 53.4 Å². The molecule has 0 rings (SSSR count). The Morgan fingerprint density at radius 1 is 0.957 bits per heavy atom. The van der Waals surface area contributed by atoms with Crippen LogP contribution in [-0.4, -0.2) is 34.4 Å². The first kappa shape index (κ1) is 26.9. The van der Waals surface area contributed by atoms with Crippen molar-refractivity contribution in [2.75, 3.05) is 24.6 Å². The molecule has 0 spiro atoms. The molecule has 0 bridgehead atoms. The average molecular weight is 402 g/mol. The zero-order valence-electron chi connectivity index (χ0n) is 14.9. The van der Waals surface area contributed by atoms with Crippen molar-refractivity contribution in [3.8, 4) is 0 Å². The van der Waals surface area contributed by atoms with Gasteiger partial charge in [-0.3, -0.25) is 0 Å². The second-order valence-corrected chi connectivity index (χ2v) is 14.9. The third-order valence-corrected chi connectivity index (χ3v) is 15.1. The van der Waals surface area contributed by atoms with Crippen LogP contribution >= 0.6 is 22.5 Å². The molecule has 2 N–H and O–H groups in total. The zero-order chi connectivity index (χ0) is 17.5. The van der Waals surface area contributed by atoms with Gasteiger partial charge >= 0.3 is 162 Å².